The van der Waals surface area contributed by atoms with Crippen molar-refractivity contribution in [3.8, 4) is 5.75 Å². The van der Waals surface area contributed by atoms with Gasteiger partial charge in [-0.25, -0.2) is 4.68 Å². The monoisotopic (exact) mass is 517 g/mol. The Morgan fingerprint density at radius 1 is 1.16 bits per heavy atom. The maximum Gasteiger partial charge on any atom is 0.250 e. The van der Waals surface area contributed by atoms with Gasteiger partial charge in [0, 0.05) is 19.7 Å². The van der Waals surface area contributed by atoms with Gasteiger partial charge >= 0.3 is 0 Å². The van der Waals surface area contributed by atoms with Gasteiger partial charge in [0.2, 0.25) is 5.91 Å². The molecule has 2 amide bonds. The fourth-order valence-corrected chi connectivity index (χ4v) is 4.65. The van der Waals surface area contributed by atoms with Gasteiger partial charge in [-0.1, -0.05) is 29.5 Å². The molecule has 1 saturated heterocycles. The number of nitrogens with one attached hydrogen (secondary N) is 1. The van der Waals surface area contributed by atoms with Crippen molar-refractivity contribution >= 4 is 22.8 Å². The number of hydrogen-bond donors (Lipinski definition) is 1. The van der Waals surface area contributed by atoms with Gasteiger partial charge in [-0.2, -0.15) is 0 Å². The molecule has 1 aliphatic rings. The molecule has 3 heterocycles. The van der Waals surface area contributed by atoms with Gasteiger partial charge in [-0.05, 0) is 61.7 Å². The van der Waals surface area contributed by atoms with Crippen LogP contribution in [0.25, 0.3) is 11.0 Å². The van der Waals surface area contributed by atoms with E-state index in [1.807, 2.05) is 55.5 Å². The molecule has 0 aliphatic carbocycles. The van der Waals surface area contributed by atoms with E-state index in [0.717, 1.165) is 23.9 Å². The molecule has 38 heavy (non-hydrogen) atoms. The molecule has 2 aromatic carbocycles. The maximum absolute atomic E-state index is 13.9. The minimum absolute atomic E-state index is 0.0369. The molecule has 10 nitrogen and oxygen atoms in total. The molecule has 4 aromatic rings. The number of nitrogens with zero attached hydrogens (tertiary/aromatic N) is 4. The van der Waals surface area contributed by atoms with E-state index in [2.05, 4.69) is 15.6 Å². The van der Waals surface area contributed by atoms with E-state index in [1.54, 1.807) is 23.9 Å². The number of aryl methyl sites for hydroxylation is 1. The fraction of sp³-hybridized carbons (Fsp3) is 0.357. The van der Waals surface area contributed by atoms with Gasteiger partial charge in [-0.15, -0.1) is 5.10 Å². The van der Waals surface area contributed by atoms with Crippen LogP contribution >= 0.6 is 0 Å². The van der Waals surface area contributed by atoms with Crippen molar-refractivity contribution in [1.29, 1.82) is 0 Å². The molecule has 2 aromatic heterocycles. The van der Waals surface area contributed by atoms with Crippen molar-refractivity contribution in [2.45, 2.75) is 45.0 Å². The highest BCUT2D eigenvalue weighted by Crippen LogP contribution is 2.27. The molecule has 5 rings (SSSR count). The number of para-hydroxylation sites is 1. The number of ether oxygens (including phenoxy) is 2. The molecule has 0 bridgehead atoms. The summed E-state index contributed by atoms with van der Waals surface area (Å²) in [6.07, 6.45) is 1.82. The van der Waals surface area contributed by atoms with Crippen LogP contribution < -0.4 is 10.1 Å². The predicted octanol–water partition coefficient (Wildman–Crippen LogP) is 3.41. The summed E-state index contributed by atoms with van der Waals surface area (Å²) in [5.74, 6) is 1.10. The van der Waals surface area contributed by atoms with Gasteiger partial charge < -0.3 is 24.1 Å². The minimum Gasteiger partial charge on any atom is -0.497 e. The Morgan fingerprint density at radius 3 is 2.68 bits per heavy atom. The summed E-state index contributed by atoms with van der Waals surface area (Å²) in [6, 6.07) is 17.4. The van der Waals surface area contributed by atoms with E-state index in [1.165, 1.54) is 4.90 Å². The number of hydrogen-bond acceptors (Lipinski definition) is 7. The van der Waals surface area contributed by atoms with E-state index >= 15 is 0 Å². The van der Waals surface area contributed by atoms with Crippen LogP contribution in [-0.4, -0.2) is 58.1 Å². The van der Waals surface area contributed by atoms with Gasteiger partial charge in [0.05, 0.1) is 18.7 Å². The SMILES string of the molecule is COc1ccc(CN(C(=O)Cn2nnc3ccccc32)[C@@H](C(=O)NC[C@@H]2CCCO2)c2ccc(C)o2)cc1. The summed E-state index contributed by atoms with van der Waals surface area (Å²) in [7, 11) is 1.60. The summed E-state index contributed by atoms with van der Waals surface area (Å²) >= 11 is 0. The number of carbonyl (C=O) groups is 2. The quantitative estimate of drug-likeness (QED) is 0.343. The topological polar surface area (TPSA) is 112 Å². The number of rotatable bonds is 10. The summed E-state index contributed by atoms with van der Waals surface area (Å²) < 4.78 is 18.4. The third-order valence-electron chi connectivity index (χ3n) is 6.66. The van der Waals surface area contributed by atoms with Gasteiger partial charge in [0.1, 0.15) is 29.3 Å². The van der Waals surface area contributed by atoms with Crippen LogP contribution in [0.2, 0.25) is 0 Å². The Morgan fingerprint density at radius 2 is 1.97 bits per heavy atom. The molecule has 10 heteroatoms. The van der Waals surface area contributed by atoms with Crippen LogP contribution in [0.4, 0.5) is 0 Å². The number of furan rings is 1. The van der Waals surface area contributed by atoms with Crippen molar-refractivity contribution < 1.29 is 23.5 Å². The lowest BCUT2D eigenvalue weighted by Gasteiger charge is -2.30. The first kappa shape index (κ1) is 25.5. The molecule has 2 atom stereocenters. The number of amides is 2. The minimum atomic E-state index is -0.991. The number of carbonyl (C=O) groups excluding carboxylic acids is 2. The molecule has 1 fully saturated rings. The van der Waals surface area contributed by atoms with Gasteiger partial charge in [-0.3, -0.25) is 9.59 Å². The molecular weight excluding hydrogens is 486 g/mol. The van der Waals surface area contributed by atoms with Crippen LogP contribution in [0, 0.1) is 6.92 Å². The lowest BCUT2D eigenvalue weighted by atomic mass is 10.1. The number of methoxy groups -OCH3 is 1. The summed E-state index contributed by atoms with van der Waals surface area (Å²) in [5.41, 5.74) is 2.26. The highest BCUT2D eigenvalue weighted by atomic mass is 16.5. The Balaban J connectivity index is 1.47. The Kier molecular flexibility index (Phi) is 7.69. The Hall–Kier alpha value is -4.18. The van der Waals surface area contributed by atoms with E-state index in [4.69, 9.17) is 13.9 Å². The average molecular weight is 518 g/mol. The van der Waals surface area contributed by atoms with E-state index in [9.17, 15) is 9.59 Å². The third-order valence-corrected chi connectivity index (χ3v) is 6.66. The largest absolute Gasteiger partial charge is 0.497 e. The molecule has 0 radical (unpaired) electrons. The summed E-state index contributed by atoms with van der Waals surface area (Å²) in [6.45, 7) is 2.95. The van der Waals surface area contributed by atoms with Crippen LogP contribution in [0.1, 0.15) is 36.0 Å². The third kappa shape index (κ3) is 5.70. The first-order valence-corrected chi connectivity index (χ1v) is 12.7. The van der Waals surface area contributed by atoms with E-state index in [-0.39, 0.29) is 31.0 Å². The Bertz CT molecular complexity index is 1390. The van der Waals surface area contributed by atoms with Gasteiger partial charge in [0.25, 0.3) is 5.91 Å². The number of fused-ring (bicyclic) bond motifs is 1. The van der Waals surface area contributed by atoms with Crippen molar-refractivity contribution in [1.82, 2.24) is 25.2 Å². The highest BCUT2D eigenvalue weighted by molar-refractivity contribution is 5.88. The zero-order valence-corrected chi connectivity index (χ0v) is 21.5. The zero-order valence-electron chi connectivity index (χ0n) is 21.5. The van der Waals surface area contributed by atoms with Crippen LogP contribution in [0.15, 0.2) is 65.1 Å². The lowest BCUT2D eigenvalue weighted by molar-refractivity contribution is -0.143. The highest BCUT2D eigenvalue weighted by Gasteiger charge is 2.35. The van der Waals surface area contributed by atoms with E-state index in [0.29, 0.717) is 35.9 Å². The van der Waals surface area contributed by atoms with Crippen LogP contribution in [-0.2, 0) is 27.4 Å². The summed E-state index contributed by atoms with van der Waals surface area (Å²) in [5, 5.41) is 11.3. The maximum atomic E-state index is 13.9. The normalized spacial score (nSPS) is 15.9. The smallest absolute Gasteiger partial charge is 0.250 e. The lowest BCUT2D eigenvalue weighted by Crippen LogP contribution is -2.46. The summed E-state index contributed by atoms with van der Waals surface area (Å²) in [4.78, 5) is 29.1. The molecule has 1 aliphatic heterocycles. The first-order valence-electron chi connectivity index (χ1n) is 12.7. The van der Waals surface area contributed by atoms with Crippen molar-refractivity contribution in [3.63, 3.8) is 0 Å². The zero-order chi connectivity index (χ0) is 26.5. The van der Waals surface area contributed by atoms with Crippen molar-refractivity contribution in [3.05, 3.63) is 77.7 Å². The number of benzene rings is 2. The average Bonchev–Trinajstić information content (AvgIpc) is 3.70. The Labute approximate surface area is 220 Å². The van der Waals surface area contributed by atoms with Crippen molar-refractivity contribution in [2.75, 3.05) is 20.3 Å². The molecule has 1 N–H and O–H groups in total. The second-order valence-electron chi connectivity index (χ2n) is 9.34. The number of aromatic nitrogens is 3. The van der Waals surface area contributed by atoms with Gasteiger partial charge in [0.15, 0.2) is 6.04 Å². The standard InChI is InChI=1S/C28H31N5O5/c1-19-9-14-25(38-19)27(28(35)29-16-22-6-5-15-37-22)32(17-20-10-12-21(36-2)13-11-20)26(34)18-33-24-8-4-3-7-23(24)30-31-33/h3-4,7-14,22,27H,5-6,15-18H2,1-2H3,(H,29,35)/t22-,27+/m0/s1. The fourth-order valence-electron chi connectivity index (χ4n) is 4.65. The second-order valence-corrected chi connectivity index (χ2v) is 9.34. The van der Waals surface area contributed by atoms with Crippen molar-refractivity contribution in [2.24, 2.45) is 0 Å². The second kappa shape index (κ2) is 11.5. The molecule has 0 spiro atoms. The molecule has 198 valence electrons. The van der Waals surface area contributed by atoms with Crippen LogP contribution in [0.5, 0.6) is 5.75 Å². The van der Waals surface area contributed by atoms with E-state index < -0.39 is 6.04 Å². The first-order chi connectivity index (χ1) is 18.5. The molecular formula is C28H31N5O5. The van der Waals surface area contributed by atoms with Crippen LogP contribution in [0.3, 0.4) is 0 Å². The molecule has 0 unspecified atom stereocenters. The molecule has 0 saturated carbocycles. The predicted molar refractivity (Wildman–Crippen MR) is 139 cm³/mol.